The predicted molar refractivity (Wildman–Crippen MR) is 261 cm³/mol. The van der Waals surface area contributed by atoms with Crippen LogP contribution in [0.5, 0.6) is 5.75 Å². The van der Waals surface area contributed by atoms with Crippen molar-refractivity contribution < 1.29 is 101 Å². The maximum Gasteiger partial charge on any atom is 0.311 e. The minimum atomic E-state index is -5.47. The zero-order chi connectivity index (χ0) is 57.2. The van der Waals surface area contributed by atoms with E-state index in [2.05, 4.69) is 4.74 Å². The van der Waals surface area contributed by atoms with Crippen molar-refractivity contribution >= 4 is 95.2 Å². The molecule has 0 bridgehead atoms. The van der Waals surface area contributed by atoms with Crippen molar-refractivity contribution in [3.8, 4) is 5.75 Å². The van der Waals surface area contributed by atoms with Gasteiger partial charge in [-0.2, -0.15) is 13.4 Å². The van der Waals surface area contributed by atoms with Gasteiger partial charge in [0.25, 0.3) is 0 Å². The maximum atomic E-state index is 14.2. The fourth-order valence-corrected chi connectivity index (χ4v) is 13.2. The highest BCUT2D eigenvalue weighted by Crippen LogP contribution is 2.54. The SMILES string of the molecule is COCCN1/C(=C/C=C/C2=[N+](CCCCCC(=O)Oc3c(F)c(F)cc(F)c3F)c3ccc4c(S(=O)(=O)[O-])cc(S(=O)(=O)[O-])cc4c3C2(C)C)C(C)(CCCS(=O)(=O)[O-])c2c1ccc1c(S(=O)(=O)[O-])cc(S(=O)(=O)[O-])cc21. The largest absolute Gasteiger partial charge is 0.748 e. The van der Waals surface area contributed by atoms with Crippen molar-refractivity contribution in [3.05, 3.63) is 113 Å². The molecule has 2 heterocycles. The van der Waals surface area contributed by atoms with Crippen molar-refractivity contribution in [2.45, 2.75) is 89.7 Å². The number of anilines is 1. The third kappa shape index (κ3) is 11.8. The molecule has 0 radical (unpaired) electrons. The smallest absolute Gasteiger partial charge is 0.311 e. The number of carbonyl (C=O) groups excluding carboxylic acids is 1. The second kappa shape index (κ2) is 21.1. The van der Waals surface area contributed by atoms with Crippen LogP contribution in [-0.4, -0.2) is 114 Å². The molecule has 0 saturated heterocycles. The van der Waals surface area contributed by atoms with E-state index in [1.807, 2.05) is 0 Å². The molecule has 0 aromatic heterocycles. The van der Waals surface area contributed by atoms with Gasteiger partial charge in [0.05, 0.1) is 41.7 Å². The van der Waals surface area contributed by atoms with Crippen LogP contribution in [0.25, 0.3) is 21.5 Å². The Morgan fingerprint density at radius 1 is 0.675 bits per heavy atom. The molecule has 2 aliphatic rings. The highest BCUT2D eigenvalue weighted by molar-refractivity contribution is 7.87. The Labute approximate surface area is 440 Å². The standard InChI is InChI=1S/C48H48F4N2O18S5/c1-47(2)39(10-8-11-40-48(3,17-9-21-73(56,57)58)43-32-23-28(75(62,63)64)25-38(77(68,69)70)30(32)14-16-36(43)54(40)19-20-71-4)53(18-7-5-6-12-41(55)72-46-44(51)33(49)26-34(50)45(46)52)35-15-13-29-31(42(35)47)22-27(74(59,60)61)24-37(29)76(65,66)67/h8,10-11,13-16,22-26H,5-7,9,12,17-21H2,1-4H3,(H4-,56,57,58,59,60,61,62,63,64,65,66,67,68,69,70)/p-4. The second-order valence-corrected chi connectivity index (χ2v) is 25.7. The third-order valence-corrected chi connectivity index (χ3v) is 17.6. The average Bonchev–Trinajstić information content (AvgIpc) is 3.68. The van der Waals surface area contributed by atoms with Gasteiger partial charge in [0, 0.05) is 78.2 Å². The summed E-state index contributed by atoms with van der Waals surface area (Å²) in [5, 5.41) is -0.836. The van der Waals surface area contributed by atoms with Crippen LogP contribution in [-0.2, 0) is 71.0 Å². The lowest BCUT2D eigenvalue weighted by molar-refractivity contribution is -0.438. The minimum absolute atomic E-state index is 0.00369. The molecule has 0 amide bonds. The van der Waals surface area contributed by atoms with Gasteiger partial charge in [0.15, 0.2) is 17.3 Å². The van der Waals surface area contributed by atoms with Crippen LogP contribution in [0.15, 0.2) is 98.1 Å². The van der Waals surface area contributed by atoms with Crippen molar-refractivity contribution in [1.29, 1.82) is 0 Å². The number of nitrogens with zero attached hydrogens (tertiary/aromatic N) is 2. The van der Waals surface area contributed by atoms with Gasteiger partial charge in [0.2, 0.25) is 23.1 Å². The molecule has 7 rings (SSSR count). The fourth-order valence-electron chi connectivity index (χ4n) is 10.1. The molecule has 5 aromatic carbocycles. The van der Waals surface area contributed by atoms with Crippen molar-refractivity contribution in [3.63, 3.8) is 0 Å². The molecule has 0 fully saturated rings. The predicted octanol–water partition coefficient (Wildman–Crippen LogP) is 5.90. The van der Waals surface area contributed by atoms with Crippen molar-refractivity contribution in [2.75, 3.05) is 37.5 Å². The first-order chi connectivity index (χ1) is 35.5. The number of ether oxygens (including phenoxy) is 2. The zero-order valence-electron chi connectivity index (χ0n) is 40.8. The van der Waals surface area contributed by atoms with Crippen LogP contribution >= 0.6 is 0 Å². The first-order valence-corrected chi connectivity index (χ1v) is 30.1. The fraction of sp³-hybridized carbons (Fsp3) is 0.333. The summed E-state index contributed by atoms with van der Waals surface area (Å²) in [7, 11) is -25.2. The van der Waals surface area contributed by atoms with E-state index in [1.54, 1.807) is 42.4 Å². The number of hydrogen-bond donors (Lipinski definition) is 0. The lowest BCUT2D eigenvalue weighted by atomic mass is 9.75. The number of benzene rings is 5. The van der Waals surface area contributed by atoms with Gasteiger partial charge in [-0.1, -0.05) is 12.1 Å². The summed E-state index contributed by atoms with van der Waals surface area (Å²) < 4.78 is 254. The molecular formula is C48H44F4N2O18S5-4. The Balaban J connectivity index is 1.39. The number of carbonyl (C=O) groups is 1. The number of fused-ring (bicyclic) bond motifs is 6. The van der Waals surface area contributed by atoms with Crippen LogP contribution in [0.3, 0.4) is 0 Å². The summed E-state index contributed by atoms with van der Waals surface area (Å²) in [6, 6.07) is 7.95. The van der Waals surface area contributed by atoms with Gasteiger partial charge in [-0.25, -0.2) is 50.9 Å². The number of hydrogen-bond acceptors (Lipinski definition) is 19. The Morgan fingerprint density at radius 2 is 1.22 bits per heavy atom. The van der Waals surface area contributed by atoms with Crippen LogP contribution < -0.4 is 9.64 Å². The van der Waals surface area contributed by atoms with Crippen LogP contribution in [0.1, 0.15) is 70.4 Å². The van der Waals surface area contributed by atoms with Gasteiger partial charge in [-0.3, -0.25) is 4.79 Å². The second-order valence-electron chi connectivity index (χ2n) is 18.8. The summed E-state index contributed by atoms with van der Waals surface area (Å²) in [6.07, 6.45) is 3.91. The molecule has 29 heteroatoms. The van der Waals surface area contributed by atoms with Crippen LogP contribution in [0.2, 0.25) is 0 Å². The summed E-state index contributed by atoms with van der Waals surface area (Å²) in [6.45, 7) is 4.90. The van der Waals surface area contributed by atoms with E-state index in [1.165, 1.54) is 37.5 Å². The number of unbranched alkanes of at least 4 members (excludes halogenated alkanes) is 2. The van der Waals surface area contributed by atoms with E-state index < -0.39 is 128 Å². The molecule has 1 atom stereocenters. The Morgan fingerprint density at radius 3 is 1.74 bits per heavy atom. The van der Waals surface area contributed by atoms with E-state index in [9.17, 15) is 87.2 Å². The quantitative estimate of drug-likeness (QED) is 0.0166. The minimum Gasteiger partial charge on any atom is -0.748 e. The Hall–Kier alpha value is -5.73. The van der Waals surface area contributed by atoms with Crippen molar-refractivity contribution in [2.24, 2.45) is 0 Å². The zero-order valence-corrected chi connectivity index (χ0v) is 44.9. The lowest BCUT2D eigenvalue weighted by Crippen LogP contribution is -2.31. The number of allylic oxidation sites excluding steroid dienone is 4. The number of esters is 1. The molecule has 5 aromatic rings. The summed E-state index contributed by atoms with van der Waals surface area (Å²) in [4.78, 5) is 10.1. The molecule has 77 heavy (non-hydrogen) atoms. The highest BCUT2D eigenvalue weighted by atomic mass is 32.2. The average molecular weight is 1170 g/mol. The van der Waals surface area contributed by atoms with Crippen LogP contribution in [0.4, 0.5) is 28.9 Å². The molecular weight excluding hydrogens is 1130 g/mol. The van der Waals surface area contributed by atoms with Gasteiger partial charge in [-0.05, 0) is 111 Å². The molecule has 416 valence electrons. The maximum absolute atomic E-state index is 14.2. The van der Waals surface area contributed by atoms with Gasteiger partial charge in [0.1, 0.15) is 47.0 Å². The molecule has 2 aliphatic heterocycles. The molecule has 0 aliphatic carbocycles. The summed E-state index contributed by atoms with van der Waals surface area (Å²) in [5.41, 5.74) is -1.22. The monoisotopic (exact) mass is 1170 g/mol. The number of halogens is 4. The van der Waals surface area contributed by atoms with E-state index in [0.717, 1.165) is 12.1 Å². The van der Waals surface area contributed by atoms with E-state index in [0.29, 0.717) is 29.2 Å². The highest BCUT2D eigenvalue weighted by Gasteiger charge is 2.47. The van der Waals surface area contributed by atoms with E-state index in [4.69, 9.17) is 4.74 Å². The number of rotatable bonds is 20. The molecule has 20 nitrogen and oxygen atoms in total. The molecule has 1 unspecified atom stereocenters. The van der Waals surface area contributed by atoms with E-state index >= 15 is 0 Å². The molecule has 0 saturated carbocycles. The summed E-state index contributed by atoms with van der Waals surface area (Å²) in [5.74, 6) is -11.2. The third-order valence-electron chi connectivity index (χ3n) is 13.4. The van der Waals surface area contributed by atoms with Gasteiger partial charge < -0.3 is 37.1 Å². The van der Waals surface area contributed by atoms with Gasteiger partial charge >= 0.3 is 5.97 Å². The van der Waals surface area contributed by atoms with E-state index in [-0.39, 0.29) is 96.2 Å². The molecule has 0 N–H and O–H groups in total. The van der Waals surface area contributed by atoms with Crippen molar-refractivity contribution in [1.82, 2.24) is 0 Å². The summed E-state index contributed by atoms with van der Waals surface area (Å²) >= 11 is 0. The van der Waals surface area contributed by atoms with Gasteiger partial charge in [-0.15, -0.1) is 0 Å². The normalized spacial score (nSPS) is 17.6. The first-order valence-electron chi connectivity index (χ1n) is 22.9. The lowest BCUT2D eigenvalue weighted by Gasteiger charge is -2.31. The topological polar surface area (TPSA) is 328 Å². The molecule has 0 spiro atoms. The Bertz CT molecular complexity index is 3970. The van der Waals surface area contributed by atoms with Crippen LogP contribution in [0, 0.1) is 23.3 Å². The Kier molecular flexibility index (Phi) is 16.2. The first kappa shape index (κ1) is 58.9. The number of methoxy groups -OCH3 is 1.